The summed E-state index contributed by atoms with van der Waals surface area (Å²) < 4.78 is 6.82. The van der Waals surface area contributed by atoms with Gasteiger partial charge >= 0.3 is 0 Å². The van der Waals surface area contributed by atoms with Crippen molar-refractivity contribution in [3.8, 4) is 5.82 Å². The summed E-state index contributed by atoms with van der Waals surface area (Å²) in [5, 5.41) is 3.87. The maximum atomic E-state index is 4.78. The Kier molecular flexibility index (Phi) is 1.50. The first kappa shape index (κ1) is 7.16. The van der Waals surface area contributed by atoms with Crippen LogP contribution in [0.4, 0.5) is 0 Å². The molecule has 0 saturated heterocycles. The van der Waals surface area contributed by atoms with Crippen molar-refractivity contribution in [1.82, 2.24) is 9.72 Å². The van der Waals surface area contributed by atoms with Crippen LogP contribution >= 0.6 is 0 Å². The van der Waals surface area contributed by atoms with Gasteiger partial charge in [0, 0.05) is 17.5 Å². The predicted molar refractivity (Wildman–Crippen MR) is 45.3 cm³/mol. The van der Waals surface area contributed by atoms with Gasteiger partial charge in [0.05, 0.1) is 0 Å². The van der Waals surface area contributed by atoms with Crippen molar-refractivity contribution in [3.05, 3.63) is 35.9 Å². The number of hydrogen-bond acceptors (Lipinski definition) is 2. The third-order valence-corrected chi connectivity index (χ3v) is 1.92. The van der Waals surface area contributed by atoms with Crippen LogP contribution in [0, 0.1) is 13.8 Å². The van der Waals surface area contributed by atoms with Crippen LogP contribution in [0.3, 0.4) is 0 Å². The van der Waals surface area contributed by atoms with Crippen molar-refractivity contribution in [2.75, 3.05) is 0 Å². The minimum absolute atomic E-state index is 0.843. The Balaban J connectivity index is 2.60. The first-order chi connectivity index (χ1) is 5.79. The van der Waals surface area contributed by atoms with Crippen molar-refractivity contribution in [2.24, 2.45) is 0 Å². The number of nitrogens with zero attached hydrogens (tertiary/aromatic N) is 2. The zero-order valence-electron chi connectivity index (χ0n) is 7.11. The highest BCUT2D eigenvalue weighted by atomic mass is 16.5. The van der Waals surface area contributed by atoms with Gasteiger partial charge < -0.3 is 9.09 Å². The third-order valence-electron chi connectivity index (χ3n) is 1.92. The second-order valence-electron chi connectivity index (χ2n) is 2.81. The van der Waals surface area contributed by atoms with Crippen LogP contribution in [0.5, 0.6) is 0 Å². The van der Waals surface area contributed by atoms with E-state index in [9.17, 15) is 0 Å². The standard InChI is InChI=1S/C9H10N2O/c1-7-3-4-8(2)11(7)9-5-6-12-10-9/h3-6H,1-2H3. The summed E-state index contributed by atoms with van der Waals surface area (Å²) in [6, 6.07) is 5.97. The van der Waals surface area contributed by atoms with E-state index in [0.717, 1.165) is 5.82 Å². The molecule has 2 aromatic rings. The van der Waals surface area contributed by atoms with E-state index in [1.807, 2.05) is 24.5 Å². The minimum Gasteiger partial charge on any atom is -0.363 e. The molecular weight excluding hydrogens is 152 g/mol. The average molecular weight is 162 g/mol. The lowest BCUT2D eigenvalue weighted by Gasteiger charge is -2.02. The highest BCUT2D eigenvalue weighted by molar-refractivity contribution is 5.29. The largest absolute Gasteiger partial charge is 0.363 e. The molecule has 0 spiro atoms. The molecule has 0 aliphatic rings. The number of rotatable bonds is 1. The summed E-state index contributed by atoms with van der Waals surface area (Å²) in [5.74, 6) is 0.843. The highest BCUT2D eigenvalue weighted by Crippen LogP contribution is 2.13. The minimum atomic E-state index is 0.843. The molecule has 0 aliphatic heterocycles. The van der Waals surface area contributed by atoms with Crippen LogP contribution in [0.25, 0.3) is 5.82 Å². The molecular formula is C9H10N2O. The molecule has 2 aromatic heterocycles. The second kappa shape index (κ2) is 2.52. The van der Waals surface area contributed by atoms with Crippen LogP contribution in [-0.2, 0) is 0 Å². The molecule has 0 amide bonds. The fourth-order valence-corrected chi connectivity index (χ4v) is 1.35. The topological polar surface area (TPSA) is 31.0 Å². The lowest BCUT2D eigenvalue weighted by molar-refractivity contribution is 0.416. The molecule has 0 unspecified atom stereocenters. The van der Waals surface area contributed by atoms with E-state index in [2.05, 4.69) is 17.3 Å². The van der Waals surface area contributed by atoms with Crippen LogP contribution in [0.2, 0.25) is 0 Å². The Hall–Kier alpha value is -1.51. The molecule has 3 nitrogen and oxygen atoms in total. The van der Waals surface area contributed by atoms with Crippen LogP contribution in [0.15, 0.2) is 29.0 Å². The molecule has 0 aliphatic carbocycles. The molecule has 2 rings (SSSR count). The second-order valence-corrected chi connectivity index (χ2v) is 2.81. The van der Waals surface area contributed by atoms with Crippen molar-refractivity contribution in [1.29, 1.82) is 0 Å². The Morgan fingerprint density at radius 3 is 2.33 bits per heavy atom. The van der Waals surface area contributed by atoms with Gasteiger partial charge in [-0.05, 0) is 26.0 Å². The van der Waals surface area contributed by atoms with Crippen molar-refractivity contribution in [3.63, 3.8) is 0 Å². The summed E-state index contributed by atoms with van der Waals surface area (Å²) in [5.41, 5.74) is 2.34. The lowest BCUT2D eigenvalue weighted by Crippen LogP contribution is -1.97. The van der Waals surface area contributed by atoms with Crippen molar-refractivity contribution >= 4 is 0 Å². The fourth-order valence-electron chi connectivity index (χ4n) is 1.35. The molecule has 0 saturated carbocycles. The fraction of sp³-hybridized carbons (Fsp3) is 0.222. The van der Waals surface area contributed by atoms with Crippen LogP contribution in [0.1, 0.15) is 11.4 Å². The normalized spacial score (nSPS) is 10.5. The van der Waals surface area contributed by atoms with E-state index >= 15 is 0 Å². The first-order valence-corrected chi connectivity index (χ1v) is 3.85. The van der Waals surface area contributed by atoms with Crippen molar-refractivity contribution < 1.29 is 4.52 Å². The van der Waals surface area contributed by atoms with Gasteiger partial charge in [0.15, 0.2) is 5.82 Å². The third kappa shape index (κ3) is 0.942. The van der Waals surface area contributed by atoms with Gasteiger partial charge in [0.25, 0.3) is 0 Å². The zero-order chi connectivity index (χ0) is 8.55. The SMILES string of the molecule is Cc1ccc(C)n1-c1ccon1. The predicted octanol–water partition coefficient (Wildman–Crippen LogP) is 2.08. The van der Waals surface area contributed by atoms with Gasteiger partial charge in [-0.1, -0.05) is 5.16 Å². The molecule has 0 bridgehead atoms. The Bertz CT molecular complexity index is 354. The molecule has 0 N–H and O–H groups in total. The molecule has 62 valence electrons. The Morgan fingerprint density at radius 2 is 1.83 bits per heavy atom. The molecule has 0 atom stereocenters. The lowest BCUT2D eigenvalue weighted by atomic mass is 10.5. The van der Waals surface area contributed by atoms with E-state index in [4.69, 9.17) is 4.52 Å². The van der Waals surface area contributed by atoms with Crippen LogP contribution < -0.4 is 0 Å². The van der Waals surface area contributed by atoms with Gasteiger partial charge in [-0.25, -0.2) is 0 Å². The van der Waals surface area contributed by atoms with Gasteiger partial charge in [-0.15, -0.1) is 0 Å². The highest BCUT2D eigenvalue weighted by Gasteiger charge is 2.04. The monoisotopic (exact) mass is 162 g/mol. The van der Waals surface area contributed by atoms with Gasteiger partial charge in [0.1, 0.15) is 6.26 Å². The van der Waals surface area contributed by atoms with E-state index in [1.165, 1.54) is 11.4 Å². The first-order valence-electron chi connectivity index (χ1n) is 3.85. The Morgan fingerprint density at radius 1 is 1.17 bits per heavy atom. The van der Waals surface area contributed by atoms with E-state index in [1.54, 1.807) is 6.26 Å². The number of hydrogen-bond donors (Lipinski definition) is 0. The summed E-state index contributed by atoms with van der Waals surface area (Å²) in [6.07, 6.45) is 1.58. The summed E-state index contributed by atoms with van der Waals surface area (Å²) in [4.78, 5) is 0. The summed E-state index contributed by atoms with van der Waals surface area (Å²) in [7, 11) is 0. The molecule has 0 radical (unpaired) electrons. The molecule has 3 heteroatoms. The van der Waals surface area contributed by atoms with E-state index in [0.29, 0.717) is 0 Å². The maximum absolute atomic E-state index is 4.78. The summed E-state index contributed by atoms with van der Waals surface area (Å²) >= 11 is 0. The molecule has 0 aromatic carbocycles. The molecule has 12 heavy (non-hydrogen) atoms. The maximum Gasteiger partial charge on any atom is 0.180 e. The quantitative estimate of drug-likeness (QED) is 0.642. The Labute approximate surface area is 70.6 Å². The number of aryl methyl sites for hydroxylation is 2. The smallest absolute Gasteiger partial charge is 0.180 e. The van der Waals surface area contributed by atoms with Crippen molar-refractivity contribution in [2.45, 2.75) is 13.8 Å². The average Bonchev–Trinajstić information content (AvgIpc) is 2.61. The zero-order valence-corrected chi connectivity index (χ0v) is 7.11. The molecule has 2 heterocycles. The summed E-state index contributed by atoms with van der Waals surface area (Å²) in [6.45, 7) is 4.09. The van der Waals surface area contributed by atoms with Gasteiger partial charge in [0.2, 0.25) is 0 Å². The number of aromatic nitrogens is 2. The molecule has 0 fully saturated rings. The van der Waals surface area contributed by atoms with Gasteiger partial charge in [-0.2, -0.15) is 0 Å². The van der Waals surface area contributed by atoms with E-state index in [-0.39, 0.29) is 0 Å². The van der Waals surface area contributed by atoms with Crippen LogP contribution in [-0.4, -0.2) is 9.72 Å². The van der Waals surface area contributed by atoms with E-state index < -0.39 is 0 Å². The van der Waals surface area contributed by atoms with Gasteiger partial charge in [-0.3, -0.25) is 0 Å².